The van der Waals surface area contributed by atoms with Gasteiger partial charge in [-0.05, 0) is 48.4 Å². The normalized spacial score (nSPS) is 11.3. The van der Waals surface area contributed by atoms with Gasteiger partial charge in [0.2, 0.25) is 5.96 Å². The van der Waals surface area contributed by atoms with E-state index in [0.717, 1.165) is 40.8 Å². The standard InChI is InChI=1S/C21H24N6O2/c1-3-4-18(26-27-21(22)23)13-5-7-15(8-6-13)24-20(28)19-12-14-11-16(29-2)9-10-17(14)25-19/h5-12,25H,3-4H2,1-2H3,(H,24,28)(H4,22,23,27)/b26-18-. The van der Waals surface area contributed by atoms with E-state index in [2.05, 4.69) is 20.8 Å². The molecule has 29 heavy (non-hydrogen) atoms. The number of benzene rings is 2. The number of fused-ring (bicyclic) bond motifs is 1. The molecule has 8 heteroatoms. The van der Waals surface area contributed by atoms with Crippen LogP contribution in [0.4, 0.5) is 5.69 Å². The van der Waals surface area contributed by atoms with E-state index < -0.39 is 0 Å². The molecule has 0 fully saturated rings. The molecule has 0 bridgehead atoms. The number of H-pyrrole nitrogens is 1. The van der Waals surface area contributed by atoms with Crippen LogP contribution in [-0.4, -0.2) is 29.7 Å². The Morgan fingerprint density at radius 3 is 2.62 bits per heavy atom. The SMILES string of the molecule is CCC/C(=N/NC(=N)N)c1ccc(NC(=O)c2cc3cc(OC)ccc3[nH]2)cc1. The highest BCUT2D eigenvalue weighted by Gasteiger charge is 2.11. The molecule has 3 aromatic rings. The summed E-state index contributed by atoms with van der Waals surface area (Å²) in [7, 11) is 1.61. The largest absolute Gasteiger partial charge is 0.497 e. The topological polar surface area (TPSA) is 128 Å². The van der Waals surface area contributed by atoms with Crippen LogP contribution < -0.4 is 21.2 Å². The van der Waals surface area contributed by atoms with E-state index in [1.807, 2.05) is 49.4 Å². The van der Waals surface area contributed by atoms with Gasteiger partial charge in [0, 0.05) is 16.6 Å². The maximum absolute atomic E-state index is 12.6. The minimum atomic E-state index is -0.228. The second-order valence-corrected chi connectivity index (χ2v) is 6.50. The van der Waals surface area contributed by atoms with Gasteiger partial charge in [0.25, 0.3) is 5.91 Å². The maximum atomic E-state index is 12.6. The zero-order valence-corrected chi connectivity index (χ0v) is 16.4. The molecule has 1 heterocycles. The van der Waals surface area contributed by atoms with E-state index in [1.165, 1.54) is 0 Å². The van der Waals surface area contributed by atoms with Crippen LogP contribution in [0.5, 0.6) is 5.75 Å². The molecule has 0 aliphatic heterocycles. The molecule has 0 aliphatic carbocycles. The summed E-state index contributed by atoms with van der Waals surface area (Å²) in [4.78, 5) is 15.7. The number of ether oxygens (including phenoxy) is 1. The first-order chi connectivity index (χ1) is 14.0. The van der Waals surface area contributed by atoms with Gasteiger partial charge >= 0.3 is 0 Å². The van der Waals surface area contributed by atoms with Gasteiger partial charge in [0.15, 0.2) is 0 Å². The number of carbonyl (C=O) groups excluding carboxylic acids is 1. The smallest absolute Gasteiger partial charge is 0.272 e. The van der Waals surface area contributed by atoms with Gasteiger partial charge in [-0.1, -0.05) is 25.5 Å². The molecule has 1 amide bonds. The zero-order valence-electron chi connectivity index (χ0n) is 16.4. The number of hydrogen-bond acceptors (Lipinski definition) is 4. The molecule has 0 saturated heterocycles. The molecular formula is C21H24N6O2. The van der Waals surface area contributed by atoms with Crippen molar-refractivity contribution < 1.29 is 9.53 Å². The fourth-order valence-electron chi connectivity index (χ4n) is 2.93. The Bertz CT molecular complexity index is 1050. The number of methoxy groups -OCH3 is 1. The number of aromatic amines is 1. The first-order valence-corrected chi connectivity index (χ1v) is 9.25. The highest BCUT2D eigenvalue weighted by Crippen LogP contribution is 2.22. The molecule has 0 unspecified atom stereocenters. The molecule has 0 aliphatic rings. The summed E-state index contributed by atoms with van der Waals surface area (Å²) in [5.74, 6) is 0.301. The fraction of sp³-hybridized carbons (Fsp3) is 0.190. The van der Waals surface area contributed by atoms with Crippen LogP contribution in [0.25, 0.3) is 10.9 Å². The molecule has 3 rings (SSSR count). The van der Waals surface area contributed by atoms with Crippen molar-refractivity contribution in [2.75, 3.05) is 12.4 Å². The lowest BCUT2D eigenvalue weighted by Crippen LogP contribution is -2.27. The predicted molar refractivity (Wildman–Crippen MR) is 116 cm³/mol. The number of hydrogen-bond donors (Lipinski definition) is 5. The van der Waals surface area contributed by atoms with E-state index in [-0.39, 0.29) is 11.9 Å². The number of hydrazone groups is 1. The number of carbonyl (C=O) groups is 1. The van der Waals surface area contributed by atoms with E-state index >= 15 is 0 Å². The van der Waals surface area contributed by atoms with Gasteiger partial charge in [-0.3, -0.25) is 10.2 Å². The fourth-order valence-corrected chi connectivity index (χ4v) is 2.93. The first-order valence-electron chi connectivity index (χ1n) is 9.25. The van der Waals surface area contributed by atoms with Crippen molar-refractivity contribution in [2.45, 2.75) is 19.8 Å². The van der Waals surface area contributed by atoms with Crippen LogP contribution in [0.3, 0.4) is 0 Å². The summed E-state index contributed by atoms with van der Waals surface area (Å²) in [6.45, 7) is 2.05. The van der Waals surface area contributed by atoms with Gasteiger partial charge in [-0.15, -0.1) is 0 Å². The van der Waals surface area contributed by atoms with Crippen molar-refractivity contribution >= 4 is 34.2 Å². The Hall–Kier alpha value is -3.81. The predicted octanol–water partition coefficient (Wildman–Crippen LogP) is 3.42. The molecule has 1 aromatic heterocycles. The Morgan fingerprint density at radius 2 is 1.97 bits per heavy atom. The van der Waals surface area contributed by atoms with E-state index in [4.69, 9.17) is 15.9 Å². The van der Waals surface area contributed by atoms with Gasteiger partial charge in [0.05, 0.1) is 12.8 Å². The lowest BCUT2D eigenvalue weighted by atomic mass is 10.1. The summed E-state index contributed by atoms with van der Waals surface area (Å²) in [6.07, 6.45) is 1.65. The Balaban J connectivity index is 1.74. The second-order valence-electron chi connectivity index (χ2n) is 6.50. The number of guanidine groups is 1. The molecule has 0 radical (unpaired) electrons. The van der Waals surface area contributed by atoms with E-state index in [1.54, 1.807) is 13.2 Å². The number of amides is 1. The number of rotatable bonds is 7. The highest BCUT2D eigenvalue weighted by molar-refractivity contribution is 6.06. The van der Waals surface area contributed by atoms with Gasteiger partial charge in [-0.2, -0.15) is 5.10 Å². The van der Waals surface area contributed by atoms with Gasteiger partial charge in [0.1, 0.15) is 11.4 Å². The molecule has 0 atom stereocenters. The molecule has 0 saturated carbocycles. The van der Waals surface area contributed by atoms with Crippen molar-refractivity contribution in [3.05, 3.63) is 59.8 Å². The third-order valence-electron chi connectivity index (χ3n) is 4.35. The monoisotopic (exact) mass is 392 g/mol. The minimum absolute atomic E-state index is 0.210. The second kappa shape index (κ2) is 8.92. The summed E-state index contributed by atoms with van der Waals surface area (Å²) in [5, 5.41) is 15.2. The Kier molecular flexibility index (Phi) is 6.13. The summed E-state index contributed by atoms with van der Waals surface area (Å²) >= 11 is 0. The number of aromatic nitrogens is 1. The summed E-state index contributed by atoms with van der Waals surface area (Å²) in [5.41, 5.74) is 11.5. The van der Waals surface area contributed by atoms with Gasteiger partial charge < -0.3 is 20.8 Å². The summed E-state index contributed by atoms with van der Waals surface area (Å²) in [6, 6.07) is 14.8. The molecule has 0 spiro atoms. The lowest BCUT2D eigenvalue weighted by Gasteiger charge is -2.08. The first kappa shape index (κ1) is 19.9. The van der Waals surface area contributed by atoms with Crippen LogP contribution in [0.2, 0.25) is 0 Å². The van der Waals surface area contributed by atoms with Crippen LogP contribution in [0.1, 0.15) is 35.8 Å². The number of nitrogens with zero attached hydrogens (tertiary/aromatic N) is 1. The maximum Gasteiger partial charge on any atom is 0.272 e. The highest BCUT2D eigenvalue weighted by atomic mass is 16.5. The van der Waals surface area contributed by atoms with Crippen molar-refractivity contribution in [2.24, 2.45) is 10.8 Å². The minimum Gasteiger partial charge on any atom is -0.497 e. The van der Waals surface area contributed by atoms with Crippen LogP contribution >= 0.6 is 0 Å². The average molecular weight is 392 g/mol. The molecular weight excluding hydrogens is 368 g/mol. The zero-order chi connectivity index (χ0) is 20.8. The van der Waals surface area contributed by atoms with Crippen LogP contribution in [0.15, 0.2) is 53.6 Å². The quantitative estimate of drug-likeness (QED) is 0.240. The van der Waals surface area contributed by atoms with Crippen molar-refractivity contribution in [1.29, 1.82) is 5.41 Å². The summed E-state index contributed by atoms with van der Waals surface area (Å²) < 4.78 is 5.22. The number of anilines is 1. The Labute approximate surface area is 168 Å². The van der Waals surface area contributed by atoms with E-state index in [9.17, 15) is 4.79 Å². The third kappa shape index (κ3) is 4.92. The lowest BCUT2D eigenvalue weighted by molar-refractivity contribution is 0.102. The van der Waals surface area contributed by atoms with Gasteiger partial charge in [-0.25, -0.2) is 5.43 Å². The van der Waals surface area contributed by atoms with Crippen molar-refractivity contribution in [1.82, 2.24) is 10.4 Å². The third-order valence-corrected chi connectivity index (χ3v) is 4.35. The number of nitrogens with two attached hydrogens (primary N) is 1. The molecule has 8 nitrogen and oxygen atoms in total. The molecule has 2 aromatic carbocycles. The van der Waals surface area contributed by atoms with Crippen molar-refractivity contribution in [3.63, 3.8) is 0 Å². The van der Waals surface area contributed by atoms with E-state index in [0.29, 0.717) is 11.4 Å². The number of nitrogens with one attached hydrogen (secondary N) is 4. The van der Waals surface area contributed by atoms with Crippen molar-refractivity contribution in [3.8, 4) is 5.75 Å². The van der Waals surface area contributed by atoms with Crippen LogP contribution in [-0.2, 0) is 0 Å². The Morgan fingerprint density at radius 1 is 1.21 bits per heavy atom. The molecule has 6 N–H and O–H groups in total. The average Bonchev–Trinajstić information content (AvgIpc) is 3.15. The molecule has 150 valence electrons. The van der Waals surface area contributed by atoms with Crippen LogP contribution in [0, 0.1) is 5.41 Å².